The molecule has 5 heteroatoms. The molecule has 0 atom stereocenters. The second-order valence-corrected chi connectivity index (χ2v) is 14.2. The van der Waals surface area contributed by atoms with Gasteiger partial charge in [-0.1, -0.05) is 164 Å². The minimum atomic E-state index is -0.600. The number of nitrogens with zero attached hydrogens (tertiary/aromatic N) is 4. The molecule has 0 N–H and O–H groups in total. The standard InChI is InChI=1S/C51H32N4O/c1-3-14-34(15-4-1)48-53-49(35-16-5-2-6-17-35)55-50(54-48)36-29-27-33(28-30-36)38-19-11-23-42-46(38)47-39(37-18-13-31-52-32-37)20-12-24-43(47)51(42)40-21-7-9-25-44(40)56-45-26-10-8-22-41(45)51/h1-32H. The molecule has 3 heterocycles. The number of fused-ring (bicyclic) bond motifs is 9. The Kier molecular flexibility index (Phi) is 7.32. The number of para-hydroxylation sites is 2. The van der Waals surface area contributed by atoms with Crippen LogP contribution in [0.15, 0.2) is 194 Å². The van der Waals surface area contributed by atoms with Crippen LogP contribution in [0.3, 0.4) is 0 Å². The summed E-state index contributed by atoms with van der Waals surface area (Å²) in [6.45, 7) is 0. The molecule has 5 nitrogen and oxygen atoms in total. The lowest BCUT2D eigenvalue weighted by molar-refractivity contribution is 0.436. The Morgan fingerprint density at radius 2 is 0.768 bits per heavy atom. The number of rotatable bonds is 5. The van der Waals surface area contributed by atoms with Crippen molar-refractivity contribution in [2.45, 2.75) is 5.41 Å². The van der Waals surface area contributed by atoms with Crippen LogP contribution in [-0.2, 0) is 5.41 Å². The van der Waals surface area contributed by atoms with Crippen molar-refractivity contribution in [3.05, 3.63) is 217 Å². The third-order valence-electron chi connectivity index (χ3n) is 11.1. The highest BCUT2D eigenvalue weighted by atomic mass is 16.5. The second kappa shape index (κ2) is 12.8. The van der Waals surface area contributed by atoms with Gasteiger partial charge in [0.15, 0.2) is 17.5 Å². The van der Waals surface area contributed by atoms with Crippen molar-refractivity contribution < 1.29 is 4.74 Å². The van der Waals surface area contributed by atoms with E-state index in [1.807, 2.05) is 79.1 Å². The molecular weight excluding hydrogens is 685 g/mol. The summed E-state index contributed by atoms with van der Waals surface area (Å²) in [5.74, 6) is 3.64. The molecule has 0 unspecified atom stereocenters. The van der Waals surface area contributed by atoms with Crippen molar-refractivity contribution in [1.82, 2.24) is 19.9 Å². The monoisotopic (exact) mass is 716 g/mol. The van der Waals surface area contributed by atoms with Gasteiger partial charge in [-0.2, -0.15) is 0 Å². The maximum absolute atomic E-state index is 6.63. The quantitative estimate of drug-likeness (QED) is 0.177. The molecule has 2 aliphatic rings. The van der Waals surface area contributed by atoms with Crippen LogP contribution in [0.25, 0.3) is 67.5 Å². The van der Waals surface area contributed by atoms with Crippen LogP contribution in [0.5, 0.6) is 11.5 Å². The summed E-state index contributed by atoms with van der Waals surface area (Å²) < 4.78 is 6.63. The summed E-state index contributed by atoms with van der Waals surface area (Å²) in [5, 5.41) is 0. The lowest BCUT2D eigenvalue weighted by atomic mass is 9.66. The number of hydrogen-bond acceptors (Lipinski definition) is 5. The zero-order valence-electron chi connectivity index (χ0n) is 30.2. The largest absolute Gasteiger partial charge is 0.457 e. The van der Waals surface area contributed by atoms with Gasteiger partial charge in [-0.25, -0.2) is 15.0 Å². The van der Waals surface area contributed by atoms with Gasteiger partial charge in [-0.05, 0) is 57.1 Å². The lowest BCUT2D eigenvalue weighted by Gasteiger charge is -2.39. The molecular formula is C51H32N4O. The fraction of sp³-hybridized carbons (Fsp3) is 0.0196. The fourth-order valence-electron chi connectivity index (χ4n) is 8.73. The van der Waals surface area contributed by atoms with E-state index in [1.165, 1.54) is 22.3 Å². The zero-order chi connectivity index (χ0) is 37.1. The highest BCUT2D eigenvalue weighted by Crippen LogP contribution is 2.64. The molecule has 1 aliphatic carbocycles. The topological polar surface area (TPSA) is 60.8 Å². The van der Waals surface area contributed by atoms with E-state index in [0.29, 0.717) is 17.5 Å². The van der Waals surface area contributed by atoms with Gasteiger partial charge in [0.05, 0.1) is 5.41 Å². The Hall–Kier alpha value is -7.50. The fourth-order valence-corrected chi connectivity index (χ4v) is 8.73. The maximum Gasteiger partial charge on any atom is 0.164 e. The Morgan fingerprint density at radius 3 is 1.29 bits per heavy atom. The Balaban J connectivity index is 1.13. The first-order chi connectivity index (χ1) is 27.8. The van der Waals surface area contributed by atoms with Crippen LogP contribution >= 0.6 is 0 Å². The van der Waals surface area contributed by atoms with Crippen molar-refractivity contribution in [1.29, 1.82) is 0 Å². The molecule has 0 radical (unpaired) electrons. The van der Waals surface area contributed by atoms with E-state index >= 15 is 0 Å². The van der Waals surface area contributed by atoms with Crippen molar-refractivity contribution in [2.75, 3.05) is 0 Å². The van der Waals surface area contributed by atoms with Crippen LogP contribution in [0.4, 0.5) is 0 Å². The first kappa shape index (κ1) is 32.0. The molecule has 7 aromatic carbocycles. The van der Waals surface area contributed by atoms with E-state index in [2.05, 4.69) is 120 Å². The van der Waals surface area contributed by atoms with Gasteiger partial charge < -0.3 is 4.74 Å². The highest BCUT2D eigenvalue weighted by Gasteiger charge is 2.52. The smallest absolute Gasteiger partial charge is 0.164 e. The Morgan fingerprint density at radius 1 is 0.339 bits per heavy atom. The summed E-state index contributed by atoms with van der Waals surface area (Å²) in [7, 11) is 0. The van der Waals surface area contributed by atoms with Gasteiger partial charge in [-0.3, -0.25) is 4.98 Å². The van der Waals surface area contributed by atoms with Crippen molar-refractivity contribution in [3.8, 4) is 79.0 Å². The summed E-state index contributed by atoms with van der Waals surface area (Å²) in [6.07, 6.45) is 3.80. The first-order valence-electron chi connectivity index (χ1n) is 18.8. The summed E-state index contributed by atoms with van der Waals surface area (Å²) in [4.78, 5) is 19.4. The van der Waals surface area contributed by atoms with Crippen molar-refractivity contribution >= 4 is 0 Å². The Labute approximate surface area is 324 Å². The average Bonchev–Trinajstić information content (AvgIpc) is 3.58. The van der Waals surface area contributed by atoms with Crippen LogP contribution in [0.2, 0.25) is 0 Å². The Bertz CT molecular complexity index is 2830. The van der Waals surface area contributed by atoms with E-state index in [4.69, 9.17) is 19.7 Å². The molecule has 1 aliphatic heterocycles. The number of benzene rings is 7. The first-order valence-corrected chi connectivity index (χ1v) is 18.8. The maximum atomic E-state index is 6.63. The number of ether oxygens (including phenoxy) is 1. The zero-order valence-corrected chi connectivity index (χ0v) is 30.2. The molecule has 0 fully saturated rings. The molecule has 9 aromatic rings. The predicted molar refractivity (Wildman–Crippen MR) is 222 cm³/mol. The third-order valence-corrected chi connectivity index (χ3v) is 11.1. The molecule has 0 bridgehead atoms. The van der Waals surface area contributed by atoms with Gasteiger partial charge >= 0.3 is 0 Å². The van der Waals surface area contributed by atoms with Crippen molar-refractivity contribution in [2.24, 2.45) is 0 Å². The van der Waals surface area contributed by atoms with E-state index < -0.39 is 5.41 Å². The van der Waals surface area contributed by atoms with Gasteiger partial charge in [0, 0.05) is 45.8 Å². The van der Waals surface area contributed by atoms with Crippen LogP contribution < -0.4 is 4.74 Å². The second-order valence-electron chi connectivity index (χ2n) is 14.2. The van der Waals surface area contributed by atoms with Gasteiger partial charge in [0.1, 0.15) is 11.5 Å². The SMILES string of the molecule is c1ccc(-c2nc(-c3ccccc3)nc(-c3ccc(-c4cccc5c4-c4c(-c6cccnc6)cccc4C54c5ccccc5Oc5ccccc54)cc3)n2)cc1. The minimum Gasteiger partial charge on any atom is -0.457 e. The molecule has 11 rings (SSSR count). The van der Waals surface area contributed by atoms with Gasteiger partial charge in [0.25, 0.3) is 0 Å². The number of hydrogen-bond donors (Lipinski definition) is 0. The summed E-state index contributed by atoms with van der Waals surface area (Å²) in [6, 6.07) is 63.4. The minimum absolute atomic E-state index is 0.600. The molecule has 262 valence electrons. The lowest BCUT2D eigenvalue weighted by Crippen LogP contribution is -2.32. The molecule has 2 aromatic heterocycles. The van der Waals surface area contributed by atoms with Crippen LogP contribution in [-0.4, -0.2) is 19.9 Å². The number of pyridine rings is 1. The molecule has 0 saturated heterocycles. The molecule has 1 spiro atoms. The van der Waals surface area contributed by atoms with E-state index in [9.17, 15) is 0 Å². The third kappa shape index (κ3) is 4.88. The van der Waals surface area contributed by atoms with E-state index in [-0.39, 0.29) is 0 Å². The van der Waals surface area contributed by atoms with Crippen molar-refractivity contribution in [3.63, 3.8) is 0 Å². The average molecular weight is 717 g/mol. The van der Waals surface area contributed by atoms with Gasteiger partial charge in [-0.15, -0.1) is 0 Å². The van der Waals surface area contributed by atoms with Crippen LogP contribution in [0.1, 0.15) is 22.3 Å². The molecule has 0 amide bonds. The highest BCUT2D eigenvalue weighted by molar-refractivity contribution is 6.02. The summed E-state index contributed by atoms with van der Waals surface area (Å²) >= 11 is 0. The number of aromatic nitrogens is 4. The van der Waals surface area contributed by atoms with E-state index in [0.717, 1.165) is 61.6 Å². The molecule has 0 saturated carbocycles. The van der Waals surface area contributed by atoms with Gasteiger partial charge in [0.2, 0.25) is 0 Å². The normalized spacial score (nSPS) is 12.9. The summed E-state index contributed by atoms with van der Waals surface area (Å²) in [5.41, 5.74) is 13.8. The molecule has 56 heavy (non-hydrogen) atoms. The van der Waals surface area contributed by atoms with E-state index in [1.54, 1.807) is 0 Å². The van der Waals surface area contributed by atoms with Crippen LogP contribution in [0, 0.1) is 0 Å². The predicted octanol–water partition coefficient (Wildman–Crippen LogP) is 12.1.